The highest BCUT2D eigenvalue weighted by atomic mass is 19.1. The molecule has 1 aromatic carbocycles. The number of carbonyl (C=O) groups excluding carboxylic acids is 1. The Labute approximate surface area is 99.8 Å². The highest BCUT2D eigenvalue weighted by Crippen LogP contribution is 2.45. The normalized spacial score (nSPS) is 17.3. The van der Waals surface area contributed by atoms with Gasteiger partial charge < -0.3 is 10.5 Å². The Balaban J connectivity index is 2.34. The van der Waals surface area contributed by atoms with Crippen molar-refractivity contribution in [2.45, 2.75) is 31.6 Å². The highest BCUT2D eigenvalue weighted by molar-refractivity contribution is 5.84. The number of anilines is 1. The smallest absolute Gasteiger partial charge is 0.316 e. The van der Waals surface area contributed by atoms with E-state index in [2.05, 4.69) is 0 Å². The molecule has 0 spiro atoms. The number of rotatable bonds is 3. The molecule has 1 fully saturated rings. The third-order valence-electron chi connectivity index (χ3n) is 3.43. The van der Waals surface area contributed by atoms with Crippen molar-refractivity contribution in [1.29, 1.82) is 0 Å². The predicted molar refractivity (Wildman–Crippen MR) is 63.0 cm³/mol. The van der Waals surface area contributed by atoms with E-state index >= 15 is 0 Å². The Morgan fingerprint density at radius 1 is 1.53 bits per heavy atom. The number of esters is 1. The summed E-state index contributed by atoms with van der Waals surface area (Å²) in [5.41, 5.74) is 5.57. The van der Waals surface area contributed by atoms with Gasteiger partial charge in [0.2, 0.25) is 0 Å². The lowest BCUT2D eigenvalue weighted by atomic mass is 9.64. The van der Waals surface area contributed by atoms with Crippen LogP contribution in [0.1, 0.15) is 31.7 Å². The van der Waals surface area contributed by atoms with Crippen LogP contribution in [0.5, 0.6) is 0 Å². The second-order valence-electron chi connectivity index (χ2n) is 4.39. The number of nitrogens with two attached hydrogens (primary N) is 1. The Kier molecular flexibility index (Phi) is 3.05. The van der Waals surface area contributed by atoms with E-state index < -0.39 is 11.2 Å². The van der Waals surface area contributed by atoms with Gasteiger partial charge in [0.25, 0.3) is 0 Å². The molecule has 0 heterocycles. The number of hydrogen-bond acceptors (Lipinski definition) is 3. The molecule has 0 radical (unpaired) electrons. The molecule has 17 heavy (non-hydrogen) atoms. The van der Waals surface area contributed by atoms with Gasteiger partial charge in [0.05, 0.1) is 17.7 Å². The van der Waals surface area contributed by atoms with Crippen molar-refractivity contribution in [3.63, 3.8) is 0 Å². The summed E-state index contributed by atoms with van der Waals surface area (Å²) in [6, 6.07) is 4.57. The van der Waals surface area contributed by atoms with Crippen LogP contribution in [0, 0.1) is 5.82 Å². The minimum Gasteiger partial charge on any atom is -0.465 e. The molecule has 0 amide bonds. The van der Waals surface area contributed by atoms with Gasteiger partial charge in [0, 0.05) is 0 Å². The van der Waals surface area contributed by atoms with Crippen molar-refractivity contribution >= 4 is 11.7 Å². The first kappa shape index (κ1) is 11.9. The van der Waals surface area contributed by atoms with Crippen LogP contribution in [0.3, 0.4) is 0 Å². The summed E-state index contributed by atoms with van der Waals surface area (Å²) in [6.45, 7) is 2.12. The van der Waals surface area contributed by atoms with Gasteiger partial charge in [-0.2, -0.15) is 0 Å². The second kappa shape index (κ2) is 4.35. The zero-order chi connectivity index (χ0) is 12.5. The van der Waals surface area contributed by atoms with E-state index in [1.54, 1.807) is 13.0 Å². The van der Waals surface area contributed by atoms with Crippen molar-refractivity contribution in [3.8, 4) is 0 Å². The lowest BCUT2D eigenvalue weighted by Gasteiger charge is -2.39. The number of ether oxygens (including phenoxy) is 1. The summed E-state index contributed by atoms with van der Waals surface area (Å²) in [4.78, 5) is 12.0. The molecule has 2 N–H and O–H groups in total. The Bertz CT molecular complexity index is 441. The number of carbonyl (C=O) groups is 1. The maximum Gasteiger partial charge on any atom is 0.316 e. The minimum absolute atomic E-state index is 0.104. The Morgan fingerprint density at radius 2 is 2.24 bits per heavy atom. The van der Waals surface area contributed by atoms with Crippen LogP contribution in [0.15, 0.2) is 18.2 Å². The summed E-state index contributed by atoms with van der Waals surface area (Å²) < 4.78 is 18.5. The van der Waals surface area contributed by atoms with Crippen LogP contribution in [0.2, 0.25) is 0 Å². The minimum atomic E-state index is -0.648. The molecule has 3 nitrogen and oxygen atoms in total. The third kappa shape index (κ3) is 1.88. The van der Waals surface area contributed by atoms with Crippen molar-refractivity contribution in [3.05, 3.63) is 29.6 Å². The molecule has 4 heteroatoms. The zero-order valence-corrected chi connectivity index (χ0v) is 9.83. The van der Waals surface area contributed by atoms with Crippen LogP contribution < -0.4 is 5.73 Å². The quantitative estimate of drug-likeness (QED) is 0.648. The molecule has 0 atom stereocenters. The van der Waals surface area contributed by atoms with Crippen molar-refractivity contribution < 1.29 is 13.9 Å². The van der Waals surface area contributed by atoms with Crippen molar-refractivity contribution in [2.24, 2.45) is 0 Å². The van der Waals surface area contributed by atoms with E-state index in [1.165, 1.54) is 12.1 Å². The van der Waals surface area contributed by atoms with E-state index in [9.17, 15) is 9.18 Å². The van der Waals surface area contributed by atoms with Gasteiger partial charge >= 0.3 is 5.97 Å². The fraction of sp³-hybridized carbons (Fsp3) is 0.462. The van der Waals surface area contributed by atoms with Crippen molar-refractivity contribution in [2.75, 3.05) is 12.3 Å². The summed E-state index contributed by atoms with van der Waals surface area (Å²) in [7, 11) is 0. The lowest BCUT2D eigenvalue weighted by molar-refractivity contribution is -0.153. The van der Waals surface area contributed by atoms with Gasteiger partial charge in [0.15, 0.2) is 0 Å². The largest absolute Gasteiger partial charge is 0.465 e. The van der Waals surface area contributed by atoms with E-state index in [4.69, 9.17) is 10.5 Å². The van der Waals surface area contributed by atoms with Gasteiger partial charge in [-0.15, -0.1) is 0 Å². The van der Waals surface area contributed by atoms with Crippen LogP contribution >= 0.6 is 0 Å². The molecule has 1 aromatic rings. The van der Waals surface area contributed by atoms with E-state index in [0.717, 1.165) is 19.3 Å². The molecule has 0 aromatic heterocycles. The summed E-state index contributed by atoms with van der Waals surface area (Å²) in [5.74, 6) is -0.728. The highest BCUT2D eigenvalue weighted by Gasteiger charge is 2.47. The number of benzene rings is 1. The average Bonchev–Trinajstić information content (AvgIpc) is 2.22. The molecule has 2 rings (SSSR count). The molecule has 0 unspecified atom stereocenters. The van der Waals surface area contributed by atoms with Crippen LogP contribution in [0.4, 0.5) is 10.1 Å². The number of halogens is 1. The molecular weight excluding hydrogens is 221 g/mol. The molecule has 1 aliphatic carbocycles. The molecule has 1 saturated carbocycles. The maximum atomic E-state index is 13.4. The maximum absolute atomic E-state index is 13.4. The first-order valence-electron chi connectivity index (χ1n) is 5.83. The van der Waals surface area contributed by atoms with Gasteiger partial charge in [-0.05, 0) is 37.5 Å². The van der Waals surface area contributed by atoms with E-state index in [-0.39, 0.29) is 11.7 Å². The van der Waals surface area contributed by atoms with Crippen LogP contribution in [-0.4, -0.2) is 12.6 Å². The fourth-order valence-electron chi connectivity index (χ4n) is 2.24. The second-order valence-corrected chi connectivity index (χ2v) is 4.39. The molecule has 1 aliphatic rings. The van der Waals surface area contributed by atoms with Crippen LogP contribution in [-0.2, 0) is 14.9 Å². The van der Waals surface area contributed by atoms with Gasteiger partial charge in [-0.3, -0.25) is 4.79 Å². The van der Waals surface area contributed by atoms with E-state index in [1.807, 2.05) is 0 Å². The lowest BCUT2D eigenvalue weighted by Crippen LogP contribution is -2.43. The van der Waals surface area contributed by atoms with Gasteiger partial charge in [0.1, 0.15) is 5.82 Å². The van der Waals surface area contributed by atoms with Gasteiger partial charge in [-0.25, -0.2) is 4.39 Å². The molecule has 0 saturated heterocycles. The van der Waals surface area contributed by atoms with E-state index in [0.29, 0.717) is 12.2 Å². The molecule has 0 bridgehead atoms. The fourth-order valence-corrected chi connectivity index (χ4v) is 2.24. The topological polar surface area (TPSA) is 52.3 Å². The number of nitrogen functional groups attached to an aromatic ring is 1. The first-order chi connectivity index (χ1) is 8.10. The first-order valence-corrected chi connectivity index (χ1v) is 5.83. The summed E-state index contributed by atoms with van der Waals surface area (Å²) in [5, 5.41) is 0. The average molecular weight is 237 g/mol. The predicted octanol–water partition coefficient (Wildman–Crippen LogP) is 2.39. The summed E-state index contributed by atoms with van der Waals surface area (Å²) in [6.07, 6.45) is 2.40. The van der Waals surface area contributed by atoms with Gasteiger partial charge in [-0.1, -0.05) is 12.5 Å². The molecule has 0 aliphatic heterocycles. The number of hydrogen-bond donors (Lipinski definition) is 1. The Morgan fingerprint density at radius 3 is 2.71 bits per heavy atom. The Hall–Kier alpha value is -1.58. The summed E-state index contributed by atoms with van der Waals surface area (Å²) >= 11 is 0. The van der Waals surface area contributed by atoms with Crippen molar-refractivity contribution in [1.82, 2.24) is 0 Å². The standard InChI is InChI=1S/C13H16FNO2/c1-2-17-12(16)13(6-3-7-13)9-4-5-11(15)10(14)8-9/h4-5,8H,2-3,6-7,15H2,1H3. The zero-order valence-electron chi connectivity index (χ0n) is 9.83. The SMILES string of the molecule is CCOC(=O)C1(c2ccc(N)c(F)c2)CCC1. The monoisotopic (exact) mass is 237 g/mol. The van der Waals surface area contributed by atoms with Crippen LogP contribution in [0.25, 0.3) is 0 Å². The third-order valence-corrected chi connectivity index (χ3v) is 3.43. The molecular formula is C13H16FNO2. The molecule has 92 valence electrons.